The van der Waals surface area contributed by atoms with E-state index in [-0.39, 0.29) is 15.1 Å². The second-order valence-electron chi connectivity index (χ2n) is 2.25. The number of esters is 1. The second-order valence-corrected chi connectivity index (χ2v) is 3.51. The molecule has 0 heterocycles. The first-order valence-corrected chi connectivity index (χ1v) is 4.46. The Balaban J connectivity index is 3.20. The highest BCUT2D eigenvalue weighted by Crippen LogP contribution is 2.25. The van der Waals surface area contributed by atoms with Crippen molar-refractivity contribution in [3.63, 3.8) is 0 Å². The first kappa shape index (κ1) is 10.5. The van der Waals surface area contributed by atoms with Crippen molar-refractivity contribution in [2.45, 2.75) is 0 Å². The minimum Gasteiger partial charge on any atom is -0.465 e. The van der Waals surface area contributed by atoms with Gasteiger partial charge in [-0.15, -0.1) is 0 Å². The molecular weight excluding hydrogens is 262 g/mol. The Morgan fingerprint density at radius 1 is 1.62 bits per heavy atom. The van der Waals surface area contributed by atoms with E-state index in [9.17, 15) is 9.18 Å². The van der Waals surface area contributed by atoms with Crippen molar-refractivity contribution in [1.29, 1.82) is 0 Å². The number of halogens is 3. The lowest BCUT2D eigenvalue weighted by Crippen LogP contribution is -2.01. The lowest BCUT2D eigenvalue weighted by atomic mass is 10.2. The van der Waals surface area contributed by atoms with Gasteiger partial charge in [-0.25, -0.2) is 9.18 Å². The Morgan fingerprint density at radius 2 is 2.23 bits per heavy atom. The maximum Gasteiger partial charge on any atom is 0.337 e. The molecule has 0 atom stereocenters. The number of methoxy groups -OCH3 is 1. The van der Waals surface area contributed by atoms with E-state index in [2.05, 4.69) is 20.7 Å². The quantitative estimate of drug-likeness (QED) is 0.577. The van der Waals surface area contributed by atoms with Gasteiger partial charge in [-0.3, -0.25) is 0 Å². The summed E-state index contributed by atoms with van der Waals surface area (Å²) in [7, 11) is 1.24. The van der Waals surface area contributed by atoms with Crippen molar-refractivity contribution in [2.75, 3.05) is 7.11 Å². The molecule has 0 saturated carbocycles. The van der Waals surface area contributed by atoms with Crippen LogP contribution in [0.4, 0.5) is 4.39 Å². The third-order valence-corrected chi connectivity index (χ3v) is 2.26. The second kappa shape index (κ2) is 4.07. The molecule has 0 unspecified atom stereocenters. The predicted octanol–water partition coefficient (Wildman–Crippen LogP) is 3.03. The molecule has 0 saturated heterocycles. The number of hydrogen-bond donors (Lipinski definition) is 0. The summed E-state index contributed by atoms with van der Waals surface area (Å²) in [6, 6.07) is 2.53. The number of carbonyl (C=O) groups is 1. The van der Waals surface area contributed by atoms with Gasteiger partial charge in [0.15, 0.2) is 5.82 Å². The summed E-state index contributed by atoms with van der Waals surface area (Å²) < 4.78 is 17.5. The molecule has 0 aliphatic rings. The summed E-state index contributed by atoms with van der Waals surface area (Å²) in [6.45, 7) is 0. The summed E-state index contributed by atoms with van der Waals surface area (Å²) in [4.78, 5) is 11.0. The fourth-order valence-electron chi connectivity index (χ4n) is 0.791. The Hall–Kier alpha value is -0.610. The van der Waals surface area contributed by atoms with Crippen LogP contribution in [-0.2, 0) is 4.74 Å². The van der Waals surface area contributed by atoms with Gasteiger partial charge in [0.05, 0.1) is 22.2 Å². The molecule has 0 aliphatic carbocycles. The summed E-state index contributed by atoms with van der Waals surface area (Å²) in [5, 5.41) is -0.116. The minimum absolute atomic E-state index is 0.116. The van der Waals surface area contributed by atoms with Crippen LogP contribution >= 0.6 is 27.5 Å². The van der Waals surface area contributed by atoms with Crippen molar-refractivity contribution >= 4 is 33.5 Å². The summed E-state index contributed by atoms with van der Waals surface area (Å²) in [6.07, 6.45) is 0. The fraction of sp³-hybridized carbons (Fsp3) is 0.125. The molecule has 1 aromatic rings. The van der Waals surface area contributed by atoms with Crippen LogP contribution in [0.15, 0.2) is 16.6 Å². The molecule has 0 N–H and O–H groups in total. The fourth-order valence-corrected chi connectivity index (χ4v) is 1.58. The van der Waals surface area contributed by atoms with Crippen LogP contribution in [0.2, 0.25) is 5.02 Å². The van der Waals surface area contributed by atoms with E-state index >= 15 is 0 Å². The molecule has 13 heavy (non-hydrogen) atoms. The van der Waals surface area contributed by atoms with Crippen molar-refractivity contribution in [3.05, 3.63) is 33.0 Å². The molecule has 0 fully saturated rings. The maximum atomic E-state index is 12.9. The zero-order valence-corrected chi connectivity index (χ0v) is 8.95. The van der Waals surface area contributed by atoms with E-state index in [0.29, 0.717) is 0 Å². The SMILES string of the molecule is COC(=O)c1cc(Cl)c(F)c(Br)c1. The van der Waals surface area contributed by atoms with Crippen molar-refractivity contribution in [1.82, 2.24) is 0 Å². The Morgan fingerprint density at radius 3 is 2.69 bits per heavy atom. The molecule has 5 heteroatoms. The largest absolute Gasteiger partial charge is 0.465 e. The molecule has 1 aromatic carbocycles. The van der Waals surface area contributed by atoms with Crippen LogP contribution < -0.4 is 0 Å². The molecule has 70 valence electrons. The summed E-state index contributed by atoms with van der Waals surface area (Å²) in [5.74, 6) is -1.14. The van der Waals surface area contributed by atoms with Crippen LogP contribution in [0.1, 0.15) is 10.4 Å². The average molecular weight is 267 g/mol. The Bertz CT molecular complexity index is 331. The van der Waals surface area contributed by atoms with Gasteiger partial charge in [0, 0.05) is 0 Å². The summed E-state index contributed by atoms with van der Waals surface area (Å²) >= 11 is 8.43. The zero-order valence-electron chi connectivity index (χ0n) is 6.61. The predicted molar refractivity (Wildman–Crippen MR) is 50.4 cm³/mol. The van der Waals surface area contributed by atoms with Gasteiger partial charge >= 0.3 is 5.97 Å². The van der Waals surface area contributed by atoms with Crippen LogP contribution in [0.25, 0.3) is 0 Å². The monoisotopic (exact) mass is 266 g/mol. The molecule has 0 amide bonds. The van der Waals surface area contributed by atoms with E-state index in [1.165, 1.54) is 19.2 Å². The first-order chi connectivity index (χ1) is 6.06. The van der Waals surface area contributed by atoms with Gasteiger partial charge in [0.2, 0.25) is 0 Å². The highest BCUT2D eigenvalue weighted by Gasteiger charge is 2.12. The number of hydrogen-bond acceptors (Lipinski definition) is 2. The standard InChI is InChI=1S/C8H5BrClFO2/c1-13-8(12)4-2-5(9)7(11)6(10)3-4/h2-3H,1H3. The van der Waals surface area contributed by atoms with E-state index in [1.807, 2.05) is 0 Å². The smallest absolute Gasteiger partial charge is 0.337 e. The van der Waals surface area contributed by atoms with E-state index < -0.39 is 11.8 Å². The van der Waals surface area contributed by atoms with E-state index in [0.717, 1.165) is 0 Å². The van der Waals surface area contributed by atoms with E-state index in [4.69, 9.17) is 11.6 Å². The third-order valence-electron chi connectivity index (χ3n) is 1.40. The van der Waals surface area contributed by atoms with Crippen molar-refractivity contribution in [3.8, 4) is 0 Å². The highest BCUT2D eigenvalue weighted by molar-refractivity contribution is 9.10. The normalized spacial score (nSPS) is 9.85. The van der Waals surface area contributed by atoms with Gasteiger partial charge in [0.1, 0.15) is 0 Å². The number of rotatable bonds is 1. The number of carbonyl (C=O) groups excluding carboxylic acids is 1. The zero-order chi connectivity index (χ0) is 10.0. The highest BCUT2D eigenvalue weighted by atomic mass is 79.9. The molecule has 0 radical (unpaired) electrons. The topological polar surface area (TPSA) is 26.3 Å². The molecule has 0 aliphatic heterocycles. The molecule has 0 spiro atoms. The lowest BCUT2D eigenvalue weighted by molar-refractivity contribution is 0.0600. The van der Waals surface area contributed by atoms with E-state index in [1.54, 1.807) is 0 Å². The van der Waals surface area contributed by atoms with Gasteiger partial charge in [-0.1, -0.05) is 11.6 Å². The minimum atomic E-state index is -0.589. The average Bonchev–Trinajstić information content (AvgIpc) is 2.12. The summed E-state index contributed by atoms with van der Waals surface area (Å²) in [5.41, 5.74) is 0.209. The molecule has 0 aromatic heterocycles. The molecule has 0 bridgehead atoms. The van der Waals surface area contributed by atoms with Crippen LogP contribution in [0.3, 0.4) is 0 Å². The van der Waals surface area contributed by atoms with Crippen LogP contribution in [0, 0.1) is 5.82 Å². The molecule has 2 nitrogen and oxygen atoms in total. The Labute approximate surface area is 87.8 Å². The molecule has 1 rings (SSSR count). The van der Waals surface area contributed by atoms with Gasteiger partial charge in [-0.05, 0) is 28.1 Å². The van der Waals surface area contributed by atoms with Gasteiger partial charge < -0.3 is 4.74 Å². The van der Waals surface area contributed by atoms with Gasteiger partial charge in [-0.2, -0.15) is 0 Å². The number of benzene rings is 1. The third kappa shape index (κ3) is 2.19. The lowest BCUT2D eigenvalue weighted by Gasteiger charge is -2.02. The Kier molecular flexibility index (Phi) is 3.27. The maximum absolute atomic E-state index is 12.9. The van der Waals surface area contributed by atoms with Crippen molar-refractivity contribution in [2.24, 2.45) is 0 Å². The van der Waals surface area contributed by atoms with Crippen LogP contribution in [0.5, 0.6) is 0 Å². The van der Waals surface area contributed by atoms with Crippen LogP contribution in [-0.4, -0.2) is 13.1 Å². The molecular formula is C8H5BrClFO2. The van der Waals surface area contributed by atoms with Crippen molar-refractivity contribution < 1.29 is 13.9 Å². The first-order valence-electron chi connectivity index (χ1n) is 3.29. The number of ether oxygens (including phenoxy) is 1. The van der Waals surface area contributed by atoms with Gasteiger partial charge in [0.25, 0.3) is 0 Å².